The van der Waals surface area contributed by atoms with Gasteiger partial charge >= 0.3 is 5.69 Å². The van der Waals surface area contributed by atoms with Crippen molar-refractivity contribution in [3.8, 4) is 11.4 Å². The van der Waals surface area contributed by atoms with Gasteiger partial charge in [-0.05, 0) is 29.3 Å². The molecule has 2 N–H and O–H groups in total. The third kappa shape index (κ3) is 4.77. The summed E-state index contributed by atoms with van der Waals surface area (Å²) in [7, 11) is 1.46. The normalized spacial score (nSPS) is 11.9. The summed E-state index contributed by atoms with van der Waals surface area (Å²) in [5.74, 6) is 0.336. The average molecular weight is 497 g/mol. The highest BCUT2D eigenvalue weighted by atomic mass is 35.5. The van der Waals surface area contributed by atoms with Crippen LogP contribution in [0.1, 0.15) is 22.9 Å². The SMILES string of the molecule is COc1cccc(-n2c(=O)c(Cc3ccccc3Cl)nn(CC(N)c3ccccc3)c2=O)c1Cl. The van der Waals surface area contributed by atoms with E-state index in [1.165, 1.54) is 11.8 Å². The maximum atomic E-state index is 13.5. The molecule has 1 unspecified atom stereocenters. The molecule has 0 fully saturated rings. The molecule has 0 aliphatic carbocycles. The highest BCUT2D eigenvalue weighted by Crippen LogP contribution is 2.29. The summed E-state index contributed by atoms with van der Waals surface area (Å²) in [6.45, 7) is 0.0558. The minimum absolute atomic E-state index is 0.0558. The van der Waals surface area contributed by atoms with E-state index in [1.54, 1.807) is 36.4 Å². The number of benzene rings is 3. The Kier molecular flexibility index (Phi) is 7.17. The summed E-state index contributed by atoms with van der Waals surface area (Å²) < 4.78 is 7.47. The number of hydrogen-bond acceptors (Lipinski definition) is 5. The summed E-state index contributed by atoms with van der Waals surface area (Å²) in [5, 5.41) is 5.02. The van der Waals surface area contributed by atoms with Gasteiger partial charge in [0, 0.05) is 17.5 Å². The molecule has 0 saturated heterocycles. The number of nitrogens with two attached hydrogens (primary N) is 1. The van der Waals surface area contributed by atoms with Crippen molar-refractivity contribution < 1.29 is 4.74 Å². The second-order valence-electron chi connectivity index (χ2n) is 7.63. The first-order valence-corrected chi connectivity index (χ1v) is 11.3. The molecule has 1 heterocycles. The first-order chi connectivity index (χ1) is 16.4. The van der Waals surface area contributed by atoms with Crippen LogP contribution in [-0.4, -0.2) is 21.5 Å². The smallest absolute Gasteiger partial charge is 0.352 e. The Morgan fingerprint density at radius 1 is 0.971 bits per heavy atom. The van der Waals surface area contributed by atoms with Gasteiger partial charge in [-0.2, -0.15) is 5.10 Å². The third-order valence-corrected chi connectivity index (χ3v) is 6.17. The fourth-order valence-electron chi connectivity index (χ4n) is 3.65. The Labute approximate surface area is 205 Å². The topological polar surface area (TPSA) is 92.1 Å². The second-order valence-corrected chi connectivity index (χ2v) is 8.42. The molecule has 4 aromatic rings. The van der Waals surface area contributed by atoms with Gasteiger partial charge in [0.2, 0.25) is 0 Å². The Hall–Kier alpha value is -3.39. The van der Waals surface area contributed by atoms with E-state index >= 15 is 0 Å². The molecule has 0 bridgehead atoms. The molecule has 174 valence electrons. The summed E-state index contributed by atoms with van der Waals surface area (Å²) in [6.07, 6.45) is 0.126. The fraction of sp³-hybridized carbons (Fsp3) is 0.160. The van der Waals surface area contributed by atoms with E-state index in [9.17, 15) is 9.59 Å². The summed E-state index contributed by atoms with van der Waals surface area (Å²) in [5.41, 5.74) is 6.98. The monoisotopic (exact) mass is 496 g/mol. The van der Waals surface area contributed by atoms with Crippen LogP contribution in [-0.2, 0) is 13.0 Å². The molecule has 0 aliphatic rings. The van der Waals surface area contributed by atoms with Crippen LogP contribution in [0.2, 0.25) is 10.0 Å². The predicted molar refractivity (Wildman–Crippen MR) is 133 cm³/mol. The Balaban J connectivity index is 1.89. The van der Waals surface area contributed by atoms with Crippen LogP contribution >= 0.6 is 23.2 Å². The largest absolute Gasteiger partial charge is 0.495 e. The van der Waals surface area contributed by atoms with Gasteiger partial charge in [0.25, 0.3) is 5.56 Å². The molecule has 1 aromatic heterocycles. The van der Waals surface area contributed by atoms with Gasteiger partial charge in [0.15, 0.2) is 0 Å². The molecular formula is C25H22Cl2N4O3. The van der Waals surface area contributed by atoms with Crippen molar-refractivity contribution in [2.45, 2.75) is 19.0 Å². The number of hydrogen-bond donors (Lipinski definition) is 1. The molecule has 0 saturated carbocycles. The van der Waals surface area contributed by atoms with Crippen molar-refractivity contribution in [2.24, 2.45) is 5.73 Å². The Bertz CT molecular complexity index is 1430. The van der Waals surface area contributed by atoms with Gasteiger partial charge in [-0.3, -0.25) is 4.79 Å². The maximum absolute atomic E-state index is 13.5. The van der Waals surface area contributed by atoms with E-state index in [4.69, 9.17) is 33.7 Å². The zero-order valence-corrected chi connectivity index (χ0v) is 19.8. The van der Waals surface area contributed by atoms with Crippen molar-refractivity contribution >= 4 is 23.2 Å². The zero-order valence-electron chi connectivity index (χ0n) is 18.3. The minimum Gasteiger partial charge on any atom is -0.495 e. The number of ether oxygens (including phenoxy) is 1. The van der Waals surface area contributed by atoms with Gasteiger partial charge in [-0.25, -0.2) is 14.0 Å². The lowest BCUT2D eigenvalue weighted by Crippen LogP contribution is -2.44. The van der Waals surface area contributed by atoms with Crippen molar-refractivity contribution in [1.82, 2.24) is 14.3 Å². The number of aromatic nitrogens is 3. The molecule has 0 radical (unpaired) electrons. The molecular weight excluding hydrogens is 475 g/mol. The van der Waals surface area contributed by atoms with Crippen LogP contribution in [0.5, 0.6) is 5.75 Å². The van der Waals surface area contributed by atoms with Gasteiger partial charge in [0.05, 0.1) is 19.3 Å². The van der Waals surface area contributed by atoms with E-state index < -0.39 is 17.3 Å². The van der Waals surface area contributed by atoms with E-state index in [1.807, 2.05) is 36.4 Å². The van der Waals surface area contributed by atoms with Gasteiger partial charge in [-0.15, -0.1) is 0 Å². The Morgan fingerprint density at radius 2 is 1.68 bits per heavy atom. The lowest BCUT2D eigenvalue weighted by atomic mass is 10.1. The van der Waals surface area contributed by atoms with E-state index in [0.717, 1.165) is 10.1 Å². The van der Waals surface area contributed by atoms with Crippen LogP contribution in [0.3, 0.4) is 0 Å². The van der Waals surface area contributed by atoms with Gasteiger partial charge in [0.1, 0.15) is 16.5 Å². The van der Waals surface area contributed by atoms with Crippen LogP contribution in [0.4, 0.5) is 0 Å². The van der Waals surface area contributed by atoms with Crippen LogP contribution < -0.4 is 21.7 Å². The number of rotatable bonds is 7. The molecule has 9 heteroatoms. The van der Waals surface area contributed by atoms with Gasteiger partial charge < -0.3 is 10.5 Å². The molecule has 0 spiro atoms. The fourth-order valence-corrected chi connectivity index (χ4v) is 4.14. The molecule has 0 amide bonds. The lowest BCUT2D eigenvalue weighted by Gasteiger charge is -2.17. The number of nitrogens with zero attached hydrogens (tertiary/aromatic N) is 3. The molecule has 0 aliphatic heterocycles. The molecule has 3 aromatic carbocycles. The first kappa shape index (κ1) is 23.8. The van der Waals surface area contributed by atoms with Crippen molar-refractivity contribution in [3.63, 3.8) is 0 Å². The van der Waals surface area contributed by atoms with Gasteiger partial charge in [-0.1, -0.05) is 77.8 Å². The molecule has 34 heavy (non-hydrogen) atoms. The summed E-state index contributed by atoms with van der Waals surface area (Å²) in [6, 6.07) is 20.9. The molecule has 4 rings (SSSR count). The quantitative estimate of drug-likeness (QED) is 0.417. The highest BCUT2D eigenvalue weighted by Gasteiger charge is 2.20. The minimum atomic E-state index is -0.658. The van der Waals surface area contributed by atoms with Crippen molar-refractivity contribution in [1.29, 1.82) is 0 Å². The van der Waals surface area contributed by atoms with E-state index in [2.05, 4.69) is 5.10 Å². The lowest BCUT2D eigenvalue weighted by molar-refractivity contribution is 0.414. The number of methoxy groups -OCH3 is 1. The van der Waals surface area contributed by atoms with Crippen LogP contribution in [0.25, 0.3) is 5.69 Å². The zero-order chi connectivity index (χ0) is 24.2. The third-order valence-electron chi connectivity index (χ3n) is 5.42. The van der Waals surface area contributed by atoms with Crippen molar-refractivity contribution in [2.75, 3.05) is 7.11 Å². The molecule has 1 atom stereocenters. The standard InChI is InChI=1S/C25H22Cl2N4O3/c1-34-22-13-7-12-21(23(22)27)31-24(32)20(14-17-10-5-6-11-18(17)26)29-30(25(31)33)15-19(28)16-8-3-2-4-9-16/h2-13,19H,14-15,28H2,1H3. The second kappa shape index (κ2) is 10.3. The van der Waals surface area contributed by atoms with Crippen molar-refractivity contribution in [3.05, 3.63) is 121 Å². The highest BCUT2D eigenvalue weighted by molar-refractivity contribution is 6.33. The predicted octanol–water partition coefficient (Wildman–Crippen LogP) is 4.00. The Morgan fingerprint density at radius 3 is 2.38 bits per heavy atom. The summed E-state index contributed by atoms with van der Waals surface area (Å²) in [4.78, 5) is 26.9. The number of halogens is 2. The average Bonchev–Trinajstić information content (AvgIpc) is 2.85. The van der Waals surface area contributed by atoms with Crippen LogP contribution in [0.15, 0.2) is 82.4 Å². The van der Waals surface area contributed by atoms with Crippen LogP contribution in [0, 0.1) is 0 Å². The summed E-state index contributed by atoms with van der Waals surface area (Å²) >= 11 is 12.8. The van der Waals surface area contributed by atoms with E-state index in [-0.39, 0.29) is 29.4 Å². The molecule has 7 nitrogen and oxygen atoms in total. The maximum Gasteiger partial charge on any atom is 0.352 e. The first-order valence-electron chi connectivity index (χ1n) is 10.5. The van der Waals surface area contributed by atoms with E-state index in [0.29, 0.717) is 16.3 Å².